The Labute approximate surface area is 175 Å². The molecule has 156 valence electrons. The van der Waals surface area contributed by atoms with E-state index in [-0.39, 0.29) is 24.9 Å². The Hall–Kier alpha value is -3.19. The first kappa shape index (κ1) is 20.1. The van der Waals surface area contributed by atoms with E-state index in [1.807, 2.05) is 53.1 Å². The van der Waals surface area contributed by atoms with Gasteiger partial charge in [-0.3, -0.25) is 9.59 Å². The standard InChI is InChI=1S/C23H26N4O3/c1-2-16-9-11-17(12-10-16)25-22(28)15-27-19-7-4-3-6-18(19)26-21(27)14-24-23(29)20-8-5-13-30-20/h3-4,6-7,9-12,20H,2,5,8,13-15H2,1H3,(H,24,29)(H,25,28). The summed E-state index contributed by atoms with van der Waals surface area (Å²) in [6.07, 6.45) is 2.20. The van der Waals surface area contributed by atoms with Crippen molar-refractivity contribution < 1.29 is 14.3 Å². The van der Waals surface area contributed by atoms with Gasteiger partial charge in [-0.15, -0.1) is 0 Å². The van der Waals surface area contributed by atoms with Crippen molar-refractivity contribution in [3.63, 3.8) is 0 Å². The van der Waals surface area contributed by atoms with E-state index < -0.39 is 6.10 Å². The van der Waals surface area contributed by atoms with E-state index in [2.05, 4.69) is 22.5 Å². The highest BCUT2D eigenvalue weighted by molar-refractivity contribution is 5.91. The number of imidazole rings is 1. The molecule has 7 nitrogen and oxygen atoms in total. The number of carbonyl (C=O) groups is 2. The van der Waals surface area contributed by atoms with Crippen molar-refractivity contribution in [2.75, 3.05) is 11.9 Å². The molecule has 2 heterocycles. The molecule has 0 saturated carbocycles. The molecule has 1 aromatic heterocycles. The van der Waals surface area contributed by atoms with Gasteiger partial charge in [0, 0.05) is 12.3 Å². The Morgan fingerprint density at radius 3 is 2.70 bits per heavy atom. The van der Waals surface area contributed by atoms with E-state index in [4.69, 9.17) is 4.74 Å². The summed E-state index contributed by atoms with van der Waals surface area (Å²) in [5, 5.41) is 5.84. The smallest absolute Gasteiger partial charge is 0.249 e. The first-order valence-corrected chi connectivity index (χ1v) is 10.4. The van der Waals surface area contributed by atoms with Crippen molar-refractivity contribution >= 4 is 28.5 Å². The molecule has 2 amide bonds. The highest BCUT2D eigenvalue weighted by Gasteiger charge is 2.24. The number of fused-ring (bicyclic) bond motifs is 1. The fourth-order valence-electron chi connectivity index (χ4n) is 3.67. The zero-order chi connectivity index (χ0) is 20.9. The van der Waals surface area contributed by atoms with Crippen LogP contribution in [0, 0.1) is 0 Å². The molecule has 0 spiro atoms. The van der Waals surface area contributed by atoms with E-state index >= 15 is 0 Å². The van der Waals surface area contributed by atoms with Crippen molar-refractivity contribution in [3.05, 3.63) is 59.9 Å². The minimum absolute atomic E-state index is 0.112. The fourth-order valence-corrected chi connectivity index (χ4v) is 3.67. The first-order chi connectivity index (χ1) is 14.6. The maximum Gasteiger partial charge on any atom is 0.249 e. The summed E-state index contributed by atoms with van der Waals surface area (Å²) in [7, 11) is 0. The Morgan fingerprint density at radius 1 is 1.17 bits per heavy atom. The summed E-state index contributed by atoms with van der Waals surface area (Å²) < 4.78 is 7.28. The average Bonchev–Trinajstić information content (AvgIpc) is 3.41. The number of amides is 2. The minimum Gasteiger partial charge on any atom is -0.368 e. The number of para-hydroxylation sites is 2. The number of nitrogens with one attached hydrogen (secondary N) is 2. The van der Waals surface area contributed by atoms with Crippen molar-refractivity contribution in [3.8, 4) is 0 Å². The number of aromatic nitrogens is 2. The molecule has 1 saturated heterocycles. The van der Waals surface area contributed by atoms with Crippen LogP contribution in [0.3, 0.4) is 0 Å². The number of rotatable bonds is 7. The average molecular weight is 406 g/mol. The van der Waals surface area contributed by atoms with Crippen LogP contribution in [0.25, 0.3) is 11.0 Å². The molecule has 2 N–H and O–H groups in total. The van der Waals surface area contributed by atoms with Gasteiger partial charge in [-0.2, -0.15) is 0 Å². The number of hydrogen-bond acceptors (Lipinski definition) is 4. The number of nitrogens with zero attached hydrogens (tertiary/aromatic N) is 2. The Bertz CT molecular complexity index is 1040. The quantitative estimate of drug-likeness (QED) is 0.632. The van der Waals surface area contributed by atoms with E-state index in [1.165, 1.54) is 5.56 Å². The summed E-state index contributed by atoms with van der Waals surface area (Å²) >= 11 is 0. The van der Waals surface area contributed by atoms with Crippen LogP contribution >= 0.6 is 0 Å². The van der Waals surface area contributed by atoms with E-state index in [9.17, 15) is 9.59 Å². The van der Waals surface area contributed by atoms with Gasteiger partial charge in [0.1, 0.15) is 18.5 Å². The third kappa shape index (κ3) is 4.52. The summed E-state index contributed by atoms with van der Waals surface area (Å²) in [5.41, 5.74) is 3.63. The van der Waals surface area contributed by atoms with E-state index in [1.54, 1.807) is 0 Å². The number of aryl methyl sites for hydroxylation is 1. The van der Waals surface area contributed by atoms with Gasteiger partial charge in [-0.05, 0) is 49.1 Å². The van der Waals surface area contributed by atoms with Crippen LogP contribution in [0.5, 0.6) is 0 Å². The van der Waals surface area contributed by atoms with Gasteiger partial charge < -0.3 is 19.9 Å². The number of carbonyl (C=O) groups excluding carboxylic acids is 2. The predicted molar refractivity (Wildman–Crippen MR) is 115 cm³/mol. The lowest BCUT2D eigenvalue weighted by Gasteiger charge is -2.13. The summed E-state index contributed by atoms with van der Waals surface area (Å²) in [6, 6.07) is 15.5. The molecule has 7 heteroatoms. The van der Waals surface area contributed by atoms with Gasteiger partial charge in [0.15, 0.2) is 0 Å². The highest BCUT2D eigenvalue weighted by atomic mass is 16.5. The molecule has 30 heavy (non-hydrogen) atoms. The molecule has 1 fully saturated rings. The van der Waals surface area contributed by atoms with Crippen LogP contribution in [-0.2, 0) is 33.8 Å². The monoisotopic (exact) mass is 406 g/mol. The molecule has 1 aliphatic heterocycles. The fraction of sp³-hybridized carbons (Fsp3) is 0.348. The topological polar surface area (TPSA) is 85.2 Å². The van der Waals surface area contributed by atoms with Crippen LogP contribution in [0.4, 0.5) is 5.69 Å². The molecule has 3 aromatic rings. The largest absolute Gasteiger partial charge is 0.368 e. The molecule has 4 rings (SSSR count). The predicted octanol–water partition coefficient (Wildman–Crippen LogP) is 3.03. The number of benzene rings is 2. The van der Waals surface area contributed by atoms with Crippen molar-refractivity contribution in [1.29, 1.82) is 0 Å². The van der Waals surface area contributed by atoms with Crippen molar-refractivity contribution in [1.82, 2.24) is 14.9 Å². The maximum atomic E-state index is 12.7. The first-order valence-electron chi connectivity index (χ1n) is 10.4. The lowest BCUT2D eigenvalue weighted by atomic mass is 10.1. The molecule has 0 bridgehead atoms. The summed E-state index contributed by atoms with van der Waals surface area (Å²) in [4.78, 5) is 29.6. The minimum atomic E-state index is -0.391. The molecule has 0 aliphatic carbocycles. The molecule has 1 aliphatic rings. The second-order valence-electron chi connectivity index (χ2n) is 7.42. The maximum absolute atomic E-state index is 12.7. The Balaban J connectivity index is 1.49. The lowest BCUT2D eigenvalue weighted by molar-refractivity contribution is -0.130. The molecule has 2 aromatic carbocycles. The lowest BCUT2D eigenvalue weighted by Crippen LogP contribution is -2.34. The van der Waals surface area contributed by atoms with Crippen LogP contribution in [0.2, 0.25) is 0 Å². The van der Waals surface area contributed by atoms with Gasteiger partial charge in [-0.25, -0.2) is 4.98 Å². The van der Waals surface area contributed by atoms with Gasteiger partial charge in [0.25, 0.3) is 0 Å². The molecular weight excluding hydrogens is 380 g/mol. The molecule has 1 atom stereocenters. The van der Waals surface area contributed by atoms with Crippen molar-refractivity contribution in [2.24, 2.45) is 0 Å². The van der Waals surface area contributed by atoms with E-state index in [0.29, 0.717) is 12.4 Å². The Morgan fingerprint density at radius 2 is 1.97 bits per heavy atom. The second kappa shape index (κ2) is 9.09. The summed E-state index contributed by atoms with van der Waals surface area (Å²) in [6.45, 7) is 3.07. The molecule has 0 radical (unpaired) electrons. The van der Waals surface area contributed by atoms with Gasteiger partial charge in [0.2, 0.25) is 11.8 Å². The van der Waals surface area contributed by atoms with Gasteiger partial charge in [-0.1, -0.05) is 31.2 Å². The van der Waals surface area contributed by atoms with Crippen molar-refractivity contribution in [2.45, 2.75) is 45.4 Å². The zero-order valence-electron chi connectivity index (χ0n) is 17.1. The SMILES string of the molecule is CCc1ccc(NC(=O)Cn2c(CNC(=O)C3CCCO3)nc3ccccc32)cc1. The van der Waals surface area contributed by atoms with Crippen LogP contribution < -0.4 is 10.6 Å². The van der Waals surface area contributed by atoms with Crippen LogP contribution in [0.15, 0.2) is 48.5 Å². The second-order valence-corrected chi connectivity index (χ2v) is 7.42. The third-order valence-electron chi connectivity index (χ3n) is 5.32. The van der Waals surface area contributed by atoms with Gasteiger partial charge >= 0.3 is 0 Å². The number of anilines is 1. The van der Waals surface area contributed by atoms with Crippen LogP contribution in [-0.4, -0.2) is 34.1 Å². The molecular formula is C23H26N4O3. The third-order valence-corrected chi connectivity index (χ3v) is 5.32. The number of hydrogen-bond donors (Lipinski definition) is 2. The number of ether oxygens (including phenoxy) is 1. The van der Waals surface area contributed by atoms with Gasteiger partial charge in [0.05, 0.1) is 17.6 Å². The summed E-state index contributed by atoms with van der Waals surface area (Å²) in [5.74, 6) is 0.361. The normalized spacial score (nSPS) is 16.0. The highest BCUT2D eigenvalue weighted by Crippen LogP contribution is 2.18. The van der Waals surface area contributed by atoms with E-state index in [0.717, 1.165) is 36.0 Å². The molecule has 1 unspecified atom stereocenters. The Kier molecular flexibility index (Phi) is 6.09. The van der Waals surface area contributed by atoms with Crippen LogP contribution in [0.1, 0.15) is 31.2 Å². The zero-order valence-corrected chi connectivity index (χ0v) is 17.1.